The fourth-order valence-corrected chi connectivity index (χ4v) is 3.13. The van der Waals surface area contributed by atoms with Crippen LogP contribution in [0, 0.1) is 0 Å². The first kappa shape index (κ1) is 16.6. The van der Waals surface area contributed by atoms with Gasteiger partial charge in [-0.1, -0.05) is 0 Å². The summed E-state index contributed by atoms with van der Waals surface area (Å²) in [6, 6.07) is 1.96. The SMILES string of the molecule is CCn1ccnc(NC[C@@H]2C[C@H](F)CN2Cc2ccnn2C)c1=O. The second-order valence-electron chi connectivity index (χ2n) is 6.11. The van der Waals surface area contributed by atoms with Crippen molar-refractivity contribution in [1.29, 1.82) is 0 Å². The Morgan fingerprint density at radius 2 is 2.25 bits per heavy atom. The van der Waals surface area contributed by atoms with Crippen LogP contribution < -0.4 is 10.9 Å². The second kappa shape index (κ2) is 7.12. The largest absolute Gasteiger partial charge is 0.364 e. The molecule has 0 aromatic carbocycles. The van der Waals surface area contributed by atoms with E-state index in [1.54, 1.807) is 27.8 Å². The molecule has 130 valence electrons. The topological polar surface area (TPSA) is 68.0 Å². The van der Waals surface area contributed by atoms with Gasteiger partial charge in [-0.2, -0.15) is 5.10 Å². The van der Waals surface area contributed by atoms with E-state index in [1.165, 1.54) is 0 Å². The van der Waals surface area contributed by atoms with E-state index in [-0.39, 0.29) is 11.6 Å². The first-order valence-electron chi connectivity index (χ1n) is 8.22. The monoisotopic (exact) mass is 334 g/mol. The summed E-state index contributed by atoms with van der Waals surface area (Å²) in [5, 5.41) is 7.25. The van der Waals surface area contributed by atoms with Crippen LogP contribution in [0.4, 0.5) is 10.2 Å². The molecule has 8 heteroatoms. The Morgan fingerprint density at radius 3 is 2.96 bits per heavy atom. The van der Waals surface area contributed by atoms with Crippen LogP contribution in [0.1, 0.15) is 19.0 Å². The standard InChI is InChI=1S/C16H23FN6O/c1-3-22-7-6-18-15(16(22)24)19-9-14-8-12(17)10-23(14)11-13-4-5-20-21(13)2/h4-7,12,14H,3,8-11H2,1-2H3,(H,18,19)/t12-,14-/m0/s1. The van der Waals surface area contributed by atoms with Crippen LogP contribution in [-0.2, 0) is 20.1 Å². The third kappa shape index (κ3) is 3.48. The van der Waals surface area contributed by atoms with E-state index in [0.29, 0.717) is 38.4 Å². The highest BCUT2D eigenvalue weighted by Crippen LogP contribution is 2.22. The molecule has 0 saturated carbocycles. The number of hydrogen-bond acceptors (Lipinski definition) is 5. The Hall–Kier alpha value is -2.22. The van der Waals surface area contributed by atoms with E-state index in [1.807, 2.05) is 20.0 Å². The Balaban J connectivity index is 1.67. The minimum absolute atomic E-state index is 0.0198. The number of halogens is 1. The molecule has 3 rings (SSSR count). The fraction of sp³-hybridized carbons (Fsp3) is 0.562. The molecule has 0 bridgehead atoms. The summed E-state index contributed by atoms with van der Waals surface area (Å²) in [7, 11) is 1.88. The molecule has 0 spiro atoms. The molecule has 1 fully saturated rings. The predicted molar refractivity (Wildman–Crippen MR) is 89.6 cm³/mol. The van der Waals surface area contributed by atoms with Crippen LogP contribution in [-0.4, -0.2) is 49.5 Å². The summed E-state index contributed by atoms with van der Waals surface area (Å²) in [4.78, 5) is 18.4. The van der Waals surface area contributed by atoms with Crippen molar-refractivity contribution in [2.45, 2.75) is 38.6 Å². The molecule has 1 aliphatic heterocycles. The number of nitrogens with zero attached hydrogens (tertiary/aromatic N) is 5. The van der Waals surface area contributed by atoms with Gasteiger partial charge >= 0.3 is 0 Å². The Bertz CT molecular complexity index is 742. The number of rotatable bonds is 6. The molecular weight excluding hydrogens is 311 g/mol. The zero-order valence-corrected chi connectivity index (χ0v) is 14.0. The lowest BCUT2D eigenvalue weighted by atomic mass is 10.2. The number of aromatic nitrogens is 4. The first-order chi connectivity index (χ1) is 11.6. The smallest absolute Gasteiger partial charge is 0.293 e. The third-order valence-corrected chi connectivity index (χ3v) is 4.52. The highest BCUT2D eigenvalue weighted by atomic mass is 19.1. The number of nitrogens with one attached hydrogen (secondary N) is 1. The van der Waals surface area contributed by atoms with Gasteiger partial charge in [0.15, 0.2) is 5.82 Å². The fourth-order valence-electron chi connectivity index (χ4n) is 3.13. The van der Waals surface area contributed by atoms with Crippen molar-refractivity contribution >= 4 is 5.82 Å². The molecule has 0 radical (unpaired) electrons. The highest BCUT2D eigenvalue weighted by Gasteiger charge is 2.32. The van der Waals surface area contributed by atoms with Crippen LogP contribution in [0.3, 0.4) is 0 Å². The highest BCUT2D eigenvalue weighted by molar-refractivity contribution is 5.31. The maximum atomic E-state index is 13.9. The number of hydrogen-bond donors (Lipinski definition) is 1. The van der Waals surface area contributed by atoms with Crippen molar-refractivity contribution < 1.29 is 4.39 Å². The minimum atomic E-state index is -0.846. The van der Waals surface area contributed by atoms with E-state index in [0.717, 1.165) is 5.69 Å². The van der Waals surface area contributed by atoms with Gasteiger partial charge in [0.2, 0.25) is 0 Å². The molecule has 1 N–H and O–H groups in total. The summed E-state index contributed by atoms with van der Waals surface area (Å²) in [6.07, 6.45) is 4.62. The van der Waals surface area contributed by atoms with E-state index < -0.39 is 6.17 Å². The lowest BCUT2D eigenvalue weighted by molar-refractivity contribution is 0.235. The van der Waals surface area contributed by atoms with Crippen molar-refractivity contribution in [2.24, 2.45) is 7.05 Å². The predicted octanol–water partition coefficient (Wildman–Crippen LogP) is 1.02. The van der Waals surface area contributed by atoms with Gasteiger partial charge in [0.1, 0.15) is 6.17 Å². The first-order valence-corrected chi connectivity index (χ1v) is 8.22. The number of aryl methyl sites for hydroxylation is 2. The molecule has 0 unspecified atom stereocenters. The van der Waals surface area contributed by atoms with Crippen molar-refractivity contribution in [1.82, 2.24) is 24.2 Å². The lowest BCUT2D eigenvalue weighted by Gasteiger charge is -2.24. The molecule has 1 saturated heterocycles. The molecule has 2 atom stereocenters. The lowest BCUT2D eigenvalue weighted by Crippen LogP contribution is -2.36. The van der Waals surface area contributed by atoms with Crippen molar-refractivity contribution in [3.8, 4) is 0 Å². The van der Waals surface area contributed by atoms with Gasteiger partial charge in [0.25, 0.3) is 5.56 Å². The Kier molecular flexibility index (Phi) is 4.94. The summed E-state index contributed by atoms with van der Waals surface area (Å²) in [5.41, 5.74) is 0.897. The van der Waals surface area contributed by atoms with Gasteiger partial charge in [-0.25, -0.2) is 9.37 Å². The summed E-state index contributed by atoms with van der Waals surface area (Å²) in [5.74, 6) is 0.321. The van der Waals surface area contributed by atoms with Crippen LogP contribution >= 0.6 is 0 Å². The molecule has 1 aliphatic rings. The molecule has 0 amide bonds. The van der Waals surface area contributed by atoms with Gasteiger partial charge in [0.05, 0.1) is 5.69 Å². The van der Waals surface area contributed by atoms with E-state index in [2.05, 4.69) is 20.3 Å². The van der Waals surface area contributed by atoms with Crippen LogP contribution in [0.2, 0.25) is 0 Å². The van der Waals surface area contributed by atoms with Gasteiger partial charge in [-0.15, -0.1) is 0 Å². The number of alkyl halides is 1. The normalized spacial score (nSPS) is 21.3. The van der Waals surface area contributed by atoms with Crippen LogP contribution in [0.5, 0.6) is 0 Å². The molecule has 24 heavy (non-hydrogen) atoms. The molecule has 0 aliphatic carbocycles. The summed E-state index contributed by atoms with van der Waals surface area (Å²) < 4.78 is 17.3. The van der Waals surface area contributed by atoms with Gasteiger partial charge in [0, 0.05) is 57.9 Å². The van der Waals surface area contributed by atoms with Gasteiger partial charge in [-0.3, -0.25) is 14.4 Å². The van der Waals surface area contributed by atoms with E-state index in [9.17, 15) is 9.18 Å². The maximum Gasteiger partial charge on any atom is 0.293 e. The minimum Gasteiger partial charge on any atom is -0.364 e. The Morgan fingerprint density at radius 1 is 1.42 bits per heavy atom. The molecule has 7 nitrogen and oxygen atoms in total. The third-order valence-electron chi connectivity index (χ3n) is 4.52. The van der Waals surface area contributed by atoms with Crippen molar-refractivity contribution in [3.05, 3.63) is 40.7 Å². The maximum absolute atomic E-state index is 13.9. The number of anilines is 1. The van der Waals surface area contributed by atoms with Crippen LogP contribution in [0.25, 0.3) is 0 Å². The van der Waals surface area contributed by atoms with E-state index in [4.69, 9.17) is 0 Å². The second-order valence-corrected chi connectivity index (χ2v) is 6.11. The van der Waals surface area contributed by atoms with Gasteiger partial charge in [-0.05, 0) is 19.4 Å². The van der Waals surface area contributed by atoms with Gasteiger partial charge < -0.3 is 9.88 Å². The molecule has 2 aromatic heterocycles. The zero-order valence-electron chi connectivity index (χ0n) is 14.0. The average molecular weight is 334 g/mol. The molecule has 2 aromatic rings. The molecular formula is C16H23FN6O. The van der Waals surface area contributed by atoms with Crippen molar-refractivity contribution in [2.75, 3.05) is 18.4 Å². The van der Waals surface area contributed by atoms with Crippen LogP contribution in [0.15, 0.2) is 29.5 Å². The van der Waals surface area contributed by atoms with Crippen molar-refractivity contribution in [3.63, 3.8) is 0 Å². The molecule has 3 heterocycles. The summed E-state index contributed by atoms with van der Waals surface area (Å²) >= 11 is 0. The van der Waals surface area contributed by atoms with E-state index >= 15 is 0 Å². The zero-order chi connectivity index (χ0) is 17.1. The quantitative estimate of drug-likeness (QED) is 0.854. The Labute approximate surface area is 140 Å². The summed E-state index contributed by atoms with van der Waals surface area (Å²) in [6.45, 7) is 4.04. The number of likely N-dealkylation sites (tertiary alicyclic amines) is 1. The average Bonchev–Trinajstić information content (AvgIpc) is 3.12.